The summed E-state index contributed by atoms with van der Waals surface area (Å²) in [5.74, 6) is 1.46. The van der Waals surface area contributed by atoms with E-state index in [0.717, 1.165) is 28.3 Å². The summed E-state index contributed by atoms with van der Waals surface area (Å²) in [6.45, 7) is 15.0. The number of ether oxygens (including phenoxy) is 2. The summed E-state index contributed by atoms with van der Waals surface area (Å²) in [5.41, 5.74) is 3.64. The average Bonchev–Trinajstić information content (AvgIpc) is 3.48. The molecule has 50 heavy (non-hydrogen) atoms. The number of carbonyl (C=O) groups is 2. The molecule has 2 atom stereocenters. The lowest BCUT2D eigenvalue weighted by Gasteiger charge is -2.32. The Labute approximate surface area is 296 Å². The van der Waals surface area contributed by atoms with Crippen LogP contribution >= 0.6 is 0 Å². The highest BCUT2D eigenvalue weighted by atomic mass is 16.5. The minimum atomic E-state index is -0.341. The molecule has 4 aromatic rings. The lowest BCUT2D eigenvalue weighted by Crippen LogP contribution is -2.38. The van der Waals surface area contributed by atoms with Crippen LogP contribution in [0.3, 0.4) is 0 Å². The van der Waals surface area contributed by atoms with E-state index in [-0.39, 0.29) is 40.3 Å². The number of hydrogen-bond acceptors (Lipinski definition) is 8. The van der Waals surface area contributed by atoms with Crippen LogP contribution in [0.15, 0.2) is 54.7 Å². The van der Waals surface area contributed by atoms with Crippen molar-refractivity contribution in [2.45, 2.75) is 103 Å². The molecule has 2 amide bonds. The van der Waals surface area contributed by atoms with E-state index < -0.39 is 0 Å². The highest BCUT2D eigenvalue weighted by Gasteiger charge is 2.31. The van der Waals surface area contributed by atoms with Crippen molar-refractivity contribution in [2.75, 3.05) is 33.1 Å². The van der Waals surface area contributed by atoms with E-state index >= 15 is 0 Å². The SMILES string of the molecule is COCC(C)(C)c1nnc2ccc(O[C@@H]3CC[C@H](NC(=O)Nc4cc(C(=O)CCC(C)(C)N(C)C)nc(C(C)(C)C)c4)c4ccccc43)cn12. The number of methoxy groups -OCH3 is 1. The number of benzene rings is 1. The number of nitrogens with one attached hydrogen (secondary N) is 2. The Bertz CT molecular complexity index is 1840. The van der Waals surface area contributed by atoms with E-state index in [2.05, 4.69) is 59.5 Å². The molecule has 0 radical (unpaired) electrons. The smallest absolute Gasteiger partial charge is 0.319 e. The van der Waals surface area contributed by atoms with Crippen LogP contribution in [0.4, 0.5) is 10.5 Å². The van der Waals surface area contributed by atoms with Crippen molar-refractivity contribution in [1.82, 2.24) is 29.8 Å². The molecule has 3 aromatic heterocycles. The number of nitrogens with zero attached hydrogens (tertiary/aromatic N) is 5. The first-order valence-corrected chi connectivity index (χ1v) is 17.4. The molecule has 1 aliphatic carbocycles. The summed E-state index contributed by atoms with van der Waals surface area (Å²) in [6.07, 6.45) is 4.18. The van der Waals surface area contributed by atoms with Crippen molar-refractivity contribution in [1.29, 1.82) is 0 Å². The van der Waals surface area contributed by atoms with Gasteiger partial charge in [-0.05, 0) is 82.6 Å². The van der Waals surface area contributed by atoms with E-state index in [9.17, 15) is 9.59 Å². The van der Waals surface area contributed by atoms with Gasteiger partial charge < -0.3 is 25.0 Å². The van der Waals surface area contributed by atoms with Crippen molar-refractivity contribution in [2.24, 2.45) is 0 Å². The number of rotatable bonds is 12. The quantitative estimate of drug-likeness (QED) is 0.148. The second kappa shape index (κ2) is 14.5. The van der Waals surface area contributed by atoms with Gasteiger partial charge in [-0.25, -0.2) is 9.78 Å². The Morgan fingerprint density at radius 3 is 2.36 bits per heavy atom. The summed E-state index contributed by atoms with van der Waals surface area (Å²) in [4.78, 5) is 33.7. The number of hydrogen-bond donors (Lipinski definition) is 2. The van der Waals surface area contributed by atoms with Crippen molar-refractivity contribution >= 4 is 23.1 Å². The van der Waals surface area contributed by atoms with Crippen LogP contribution in [0.25, 0.3) is 5.65 Å². The maximum absolute atomic E-state index is 13.5. The van der Waals surface area contributed by atoms with Gasteiger partial charge in [-0.15, -0.1) is 10.2 Å². The molecule has 1 aliphatic rings. The maximum atomic E-state index is 13.5. The number of ketones is 1. The number of anilines is 1. The van der Waals surface area contributed by atoms with Gasteiger partial charge in [-0.3, -0.25) is 9.20 Å². The minimum absolute atomic E-state index is 0.0416. The molecule has 268 valence electrons. The molecule has 0 unspecified atom stereocenters. The molecule has 0 spiro atoms. The molecular weight excluding hydrogens is 630 g/mol. The van der Waals surface area contributed by atoms with Gasteiger partial charge in [0.25, 0.3) is 0 Å². The fourth-order valence-corrected chi connectivity index (χ4v) is 6.24. The summed E-state index contributed by atoms with van der Waals surface area (Å²) in [6, 6.07) is 14.9. The molecule has 0 bridgehead atoms. The van der Waals surface area contributed by atoms with Crippen LogP contribution in [0.5, 0.6) is 5.75 Å². The van der Waals surface area contributed by atoms with Gasteiger partial charge in [0.2, 0.25) is 0 Å². The number of carbonyl (C=O) groups excluding carboxylic acids is 2. The first-order valence-electron chi connectivity index (χ1n) is 17.4. The summed E-state index contributed by atoms with van der Waals surface area (Å²) in [5, 5.41) is 15.0. The topological polar surface area (TPSA) is 123 Å². The van der Waals surface area contributed by atoms with Gasteiger partial charge in [0.05, 0.1) is 18.8 Å². The fourth-order valence-electron chi connectivity index (χ4n) is 6.24. The number of Topliss-reactive ketones (excluding diaryl/α,β-unsaturated/α-hetero) is 1. The number of aromatic nitrogens is 4. The first-order chi connectivity index (χ1) is 23.5. The van der Waals surface area contributed by atoms with E-state index in [1.54, 1.807) is 13.2 Å². The molecule has 5 rings (SSSR count). The van der Waals surface area contributed by atoms with Crippen LogP contribution in [0.1, 0.15) is 119 Å². The zero-order valence-corrected chi connectivity index (χ0v) is 31.3. The Hall–Kier alpha value is -4.35. The number of pyridine rings is 2. The maximum Gasteiger partial charge on any atom is 0.319 e. The minimum Gasteiger partial charge on any atom is -0.484 e. The summed E-state index contributed by atoms with van der Waals surface area (Å²) >= 11 is 0. The number of fused-ring (bicyclic) bond motifs is 2. The number of amides is 2. The summed E-state index contributed by atoms with van der Waals surface area (Å²) in [7, 11) is 5.71. The van der Waals surface area contributed by atoms with Crippen molar-refractivity contribution in [3.05, 3.63) is 83.1 Å². The van der Waals surface area contributed by atoms with Crippen molar-refractivity contribution in [3.63, 3.8) is 0 Å². The molecule has 11 nitrogen and oxygen atoms in total. The second-order valence-corrected chi connectivity index (χ2v) is 15.9. The molecular formula is C39H53N7O4. The van der Waals surface area contributed by atoms with Crippen LogP contribution in [-0.2, 0) is 15.6 Å². The largest absolute Gasteiger partial charge is 0.484 e. The summed E-state index contributed by atoms with van der Waals surface area (Å²) < 4.78 is 14.0. The normalized spacial score (nSPS) is 16.7. The highest BCUT2D eigenvalue weighted by molar-refractivity contribution is 5.97. The zero-order chi connectivity index (χ0) is 36.4. The van der Waals surface area contributed by atoms with Gasteiger partial charge >= 0.3 is 6.03 Å². The van der Waals surface area contributed by atoms with E-state index in [1.807, 2.05) is 81.9 Å². The van der Waals surface area contributed by atoms with Gasteiger partial charge in [-0.2, -0.15) is 0 Å². The average molecular weight is 684 g/mol. The van der Waals surface area contributed by atoms with E-state index in [4.69, 9.17) is 14.5 Å². The molecule has 0 saturated carbocycles. The van der Waals surface area contributed by atoms with Crippen LogP contribution in [0, 0.1) is 0 Å². The third kappa shape index (κ3) is 8.33. The van der Waals surface area contributed by atoms with E-state index in [0.29, 0.717) is 49.4 Å². The zero-order valence-electron chi connectivity index (χ0n) is 31.3. The lowest BCUT2D eigenvalue weighted by molar-refractivity contribution is 0.0939. The highest BCUT2D eigenvalue weighted by Crippen LogP contribution is 2.39. The molecule has 0 aliphatic heterocycles. The molecule has 3 heterocycles. The van der Waals surface area contributed by atoms with Crippen LogP contribution in [-0.4, -0.2) is 69.6 Å². The lowest BCUT2D eigenvalue weighted by atomic mass is 9.85. The second-order valence-electron chi connectivity index (χ2n) is 15.9. The fraction of sp³-hybridized carbons (Fsp3) is 0.513. The first kappa shape index (κ1) is 36.9. The van der Waals surface area contributed by atoms with E-state index in [1.165, 1.54) is 0 Å². The molecule has 0 saturated heterocycles. The Morgan fingerprint density at radius 2 is 1.68 bits per heavy atom. The van der Waals surface area contributed by atoms with Crippen LogP contribution < -0.4 is 15.4 Å². The van der Waals surface area contributed by atoms with Gasteiger partial charge in [0.15, 0.2) is 11.4 Å². The number of urea groups is 1. The van der Waals surface area contributed by atoms with Gasteiger partial charge in [0.1, 0.15) is 23.4 Å². The Balaban J connectivity index is 1.31. The monoisotopic (exact) mass is 683 g/mol. The molecule has 11 heteroatoms. The molecule has 1 aromatic carbocycles. The van der Waals surface area contributed by atoms with Crippen LogP contribution in [0.2, 0.25) is 0 Å². The molecule has 2 N–H and O–H groups in total. The standard InChI is InChI=1S/C39H53N7O4/c1-37(2,3)33-22-25(21-30(41-33)31(47)19-20-39(6,7)45(8)9)40-36(48)42-29-16-17-32(28-14-12-11-13-27(28)29)50-26-15-18-34-43-44-35(46(34)23-26)38(4,5)24-49-10/h11-15,18,21-23,29,32H,16-17,19-20,24H2,1-10H3,(H2,40,41,42,48)/t29-,32+/m0/s1. The van der Waals surface area contributed by atoms with Gasteiger partial charge in [0, 0.05) is 41.3 Å². The third-order valence-corrected chi connectivity index (χ3v) is 9.82. The predicted octanol–water partition coefficient (Wildman–Crippen LogP) is 7.43. The van der Waals surface area contributed by atoms with Gasteiger partial charge in [-0.1, -0.05) is 58.9 Å². The van der Waals surface area contributed by atoms with Crippen molar-refractivity contribution < 1.29 is 19.1 Å². The Morgan fingerprint density at radius 1 is 0.960 bits per heavy atom. The predicted molar refractivity (Wildman–Crippen MR) is 196 cm³/mol. The third-order valence-electron chi connectivity index (χ3n) is 9.82. The molecule has 0 fully saturated rings. The Kier molecular flexibility index (Phi) is 10.7. The van der Waals surface area contributed by atoms with Crippen molar-refractivity contribution in [3.8, 4) is 5.75 Å².